The van der Waals surface area contributed by atoms with Crippen molar-refractivity contribution in [2.45, 2.75) is 0 Å². The van der Waals surface area contributed by atoms with E-state index in [-0.39, 0.29) is 17.3 Å². The fourth-order valence-corrected chi connectivity index (χ4v) is 3.66. The molecule has 0 bridgehead atoms. The van der Waals surface area contributed by atoms with Crippen LogP contribution in [0.1, 0.15) is 15.9 Å². The molecule has 0 saturated heterocycles. The minimum absolute atomic E-state index is 0.168. The van der Waals surface area contributed by atoms with Gasteiger partial charge in [0.2, 0.25) is 0 Å². The highest BCUT2D eigenvalue weighted by Gasteiger charge is 2.23. The molecule has 1 amide bonds. The molecule has 9 heteroatoms. The molecule has 0 fully saturated rings. The Morgan fingerprint density at radius 1 is 1.19 bits per heavy atom. The third-order valence-electron chi connectivity index (χ3n) is 5.23. The number of aromatic amines is 1. The molecule has 0 aliphatic carbocycles. The topological polar surface area (TPSA) is 123 Å². The molecule has 0 unspecified atom stereocenters. The zero-order valence-corrected chi connectivity index (χ0v) is 17.4. The van der Waals surface area contributed by atoms with E-state index >= 15 is 0 Å². The number of carbonyl (C=O) groups excluding carboxylic acids is 1. The van der Waals surface area contributed by atoms with Gasteiger partial charge in [0, 0.05) is 36.3 Å². The molecule has 0 saturated carbocycles. The molecule has 160 valence electrons. The summed E-state index contributed by atoms with van der Waals surface area (Å²) in [5.74, 6) is -0.184. The van der Waals surface area contributed by atoms with Crippen LogP contribution in [0.5, 0.6) is 0 Å². The summed E-state index contributed by atoms with van der Waals surface area (Å²) in [6.07, 6.45) is 3.56. The van der Waals surface area contributed by atoms with E-state index in [1.807, 2.05) is 54.7 Å². The van der Waals surface area contributed by atoms with E-state index in [2.05, 4.69) is 20.4 Å². The van der Waals surface area contributed by atoms with Crippen LogP contribution in [0.15, 0.2) is 59.8 Å². The van der Waals surface area contributed by atoms with Gasteiger partial charge in [0.1, 0.15) is 16.9 Å². The molecule has 0 radical (unpaired) electrons. The molecular weight excluding hydrogens is 406 g/mol. The summed E-state index contributed by atoms with van der Waals surface area (Å²) in [7, 11) is 1.57. The normalized spacial score (nSPS) is 11.8. The lowest BCUT2D eigenvalue weighted by Gasteiger charge is -2.04. The Kier molecular flexibility index (Phi) is 5.00. The Morgan fingerprint density at radius 3 is 2.75 bits per heavy atom. The molecule has 0 atom stereocenters. The van der Waals surface area contributed by atoms with Crippen LogP contribution in [0, 0.1) is 0 Å². The Balaban J connectivity index is 1.66. The molecule has 2 aromatic carbocycles. The standard InChI is InChI=1S/C23H21N7O2/c1-32-11-10-25-23(31)19-20-22(29-18-9-5-4-8-17(18)28-20)30(21(19)24)27-13-14-12-26-16-7-3-2-6-15(14)16/h2-9,12-13,26H,10-11,24H2,1H3,(H,25,31)/b27-13-. The van der Waals surface area contributed by atoms with Crippen LogP contribution in [0.4, 0.5) is 5.82 Å². The van der Waals surface area contributed by atoms with Crippen molar-refractivity contribution < 1.29 is 9.53 Å². The molecule has 0 aliphatic heterocycles. The number of methoxy groups -OCH3 is 1. The summed E-state index contributed by atoms with van der Waals surface area (Å²) in [6, 6.07) is 15.4. The summed E-state index contributed by atoms with van der Waals surface area (Å²) in [5.41, 5.74) is 10.7. The molecule has 32 heavy (non-hydrogen) atoms. The predicted octanol–water partition coefficient (Wildman–Crippen LogP) is 2.91. The maximum atomic E-state index is 12.9. The smallest absolute Gasteiger partial charge is 0.257 e. The number of hydrogen-bond donors (Lipinski definition) is 3. The lowest BCUT2D eigenvalue weighted by Crippen LogP contribution is -2.27. The predicted molar refractivity (Wildman–Crippen MR) is 125 cm³/mol. The number of H-pyrrole nitrogens is 1. The third-order valence-corrected chi connectivity index (χ3v) is 5.23. The van der Waals surface area contributed by atoms with Gasteiger partial charge in [0.25, 0.3) is 5.91 Å². The molecule has 0 aliphatic rings. The summed E-state index contributed by atoms with van der Waals surface area (Å²) >= 11 is 0. The van der Waals surface area contributed by atoms with Crippen LogP contribution in [0.25, 0.3) is 33.1 Å². The van der Waals surface area contributed by atoms with Gasteiger partial charge in [0.05, 0.1) is 23.9 Å². The zero-order valence-electron chi connectivity index (χ0n) is 17.4. The van der Waals surface area contributed by atoms with Gasteiger partial charge in [-0.1, -0.05) is 30.3 Å². The van der Waals surface area contributed by atoms with Crippen molar-refractivity contribution in [1.29, 1.82) is 0 Å². The van der Waals surface area contributed by atoms with E-state index in [1.165, 1.54) is 4.68 Å². The van der Waals surface area contributed by atoms with Gasteiger partial charge >= 0.3 is 0 Å². The highest BCUT2D eigenvalue weighted by atomic mass is 16.5. The zero-order chi connectivity index (χ0) is 22.1. The summed E-state index contributed by atoms with van der Waals surface area (Å²) in [5, 5.41) is 8.41. The Bertz CT molecular complexity index is 1480. The van der Waals surface area contributed by atoms with Crippen LogP contribution in [-0.2, 0) is 4.74 Å². The fourth-order valence-electron chi connectivity index (χ4n) is 3.66. The van der Waals surface area contributed by atoms with E-state index in [1.54, 1.807) is 13.3 Å². The summed E-state index contributed by atoms with van der Waals surface area (Å²) in [6.45, 7) is 0.735. The van der Waals surface area contributed by atoms with Crippen molar-refractivity contribution >= 4 is 51.0 Å². The Labute approximate surface area is 182 Å². The number of aromatic nitrogens is 4. The van der Waals surface area contributed by atoms with Crippen molar-refractivity contribution in [2.75, 3.05) is 26.0 Å². The van der Waals surface area contributed by atoms with E-state index in [9.17, 15) is 4.79 Å². The summed E-state index contributed by atoms with van der Waals surface area (Å²) in [4.78, 5) is 25.5. The van der Waals surface area contributed by atoms with Crippen LogP contribution in [-0.4, -0.2) is 52.0 Å². The van der Waals surface area contributed by atoms with E-state index in [0.717, 1.165) is 16.5 Å². The quantitative estimate of drug-likeness (QED) is 0.284. The molecular formula is C23H21N7O2. The number of rotatable bonds is 6. The molecule has 3 heterocycles. The van der Waals surface area contributed by atoms with Crippen molar-refractivity contribution in [3.8, 4) is 0 Å². The first-order valence-electron chi connectivity index (χ1n) is 10.1. The Morgan fingerprint density at radius 2 is 1.94 bits per heavy atom. The first-order valence-corrected chi connectivity index (χ1v) is 10.1. The lowest BCUT2D eigenvalue weighted by atomic mass is 10.2. The number of nitrogens with one attached hydrogen (secondary N) is 2. The van der Waals surface area contributed by atoms with E-state index < -0.39 is 0 Å². The highest BCUT2D eigenvalue weighted by Crippen LogP contribution is 2.28. The first-order chi connectivity index (χ1) is 15.7. The Hall–Kier alpha value is -4.24. The number of nitrogens with two attached hydrogens (primary N) is 1. The van der Waals surface area contributed by atoms with Gasteiger partial charge in [-0.05, 0) is 18.2 Å². The van der Waals surface area contributed by atoms with Crippen LogP contribution in [0.2, 0.25) is 0 Å². The van der Waals surface area contributed by atoms with Crippen molar-refractivity contribution in [2.24, 2.45) is 5.10 Å². The van der Waals surface area contributed by atoms with Gasteiger partial charge in [0.15, 0.2) is 5.65 Å². The average Bonchev–Trinajstić information content (AvgIpc) is 3.34. The number of anilines is 1. The monoisotopic (exact) mass is 427 g/mol. The number of amides is 1. The van der Waals surface area contributed by atoms with Crippen LogP contribution < -0.4 is 11.1 Å². The lowest BCUT2D eigenvalue weighted by molar-refractivity contribution is 0.0939. The molecule has 5 rings (SSSR count). The van der Waals surface area contributed by atoms with Crippen molar-refractivity contribution in [3.05, 3.63) is 65.9 Å². The van der Waals surface area contributed by atoms with E-state index in [4.69, 9.17) is 15.5 Å². The fraction of sp³-hybridized carbons (Fsp3) is 0.130. The van der Waals surface area contributed by atoms with Gasteiger partial charge in [-0.15, -0.1) is 0 Å². The molecule has 4 N–H and O–H groups in total. The minimum Gasteiger partial charge on any atom is -0.383 e. The number of benzene rings is 2. The number of fused-ring (bicyclic) bond motifs is 3. The van der Waals surface area contributed by atoms with Crippen LogP contribution in [0.3, 0.4) is 0 Å². The van der Waals surface area contributed by atoms with Gasteiger partial charge in [-0.3, -0.25) is 4.79 Å². The maximum Gasteiger partial charge on any atom is 0.257 e. The SMILES string of the molecule is COCCNC(=O)c1c(N)n(/N=C\c2c[nH]c3ccccc23)c2nc3ccccc3nc12. The highest BCUT2D eigenvalue weighted by molar-refractivity contribution is 6.11. The second-order valence-corrected chi connectivity index (χ2v) is 7.24. The van der Waals surface area contributed by atoms with E-state index in [0.29, 0.717) is 35.3 Å². The summed E-state index contributed by atoms with van der Waals surface area (Å²) < 4.78 is 6.48. The second kappa shape index (κ2) is 8.12. The molecule has 0 spiro atoms. The molecule has 9 nitrogen and oxygen atoms in total. The third kappa shape index (κ3) is 3.34. The van der Waals surface area contributed by atoms with Crippen molar-refractivity contribution in [1.82, 2.24) is 24.9 Å². The second-order valence-electron chi connectivity index (χ2n) is 7.24. The molecule has 3 aromatic heterocycles. The largest absolute Gasteiger partial charge is 0.383 e. The maximum absolute atomic E-state index is 12.9. The number of para-hydroxylation sites is 3. The minimum atomic E-state index is -0.352. The van der Waals surface area contributed by atoms with Gasteiger partial charge < -0.3 is 20.8 Å². The van der Waals surface area contributed by atoms with Crippen LogP contribution >= 0.6 is 0 Å². The number of nitrogen functional groups attached to an aromatic ring is 1. The van der Waals surface area contributed by atoms with Gasteiger partial charge in [-0.25, -0.2) is 9.97 Å². The van der Waals surface area contributed by atoms with Crippen molar-refractivity contribution in [3.63, 3.8) is 0 Å². The first kappa shape index (κ1) is 19.7. The number of hydrogen-bond acceptors (Lipinski definition) is 6. The number of ether oxygens (including phenoxy) is 1. The van der Waals surface area contributed by atoms with Gasteiger partial charge in [-0.2, -0.15) is 9.78 Å². The average molecular weight is 427 g/mol. The number of carbonyl (C=O) groups is 1. The molecule has 5 aromatic rings. The number of nitrogens with zero attached hydrogens (tertiary/aromatic N) is 4.